The van der Waals surface area contributed by atoms with Crippen LogP contribution in [0.3, 0.4) is 0 Å². The summed E-state index contributed by atoms with van der Waals surface area (Å²) in [4.78, 5) is 11.4. The maximum absolute atomic E-state index is 13.7. The third kappa shape index (κ3) is 3.57. The lowest BCUT2D eigenvalue weighted by atomic mass is 9.90. The molecule has 5 nitrogen and oxygen atoms in total. The second kappa shape index (κ2) is 7.37. The fourth-order valence-corrected chi connectivity index (χ4v) is 2.76. The topological polar surface area (TPSA) is 62.7 Å². The first-order valence-electron chi connectivity index (χ1n) is 6.77. The minimum absolute atomic E-state index is 0. The quantitative estimate of drug-likeness (QED) is 0.860. The summed E-state index contributed by atoms with van der Waals surface area (Å²) in [5, 5.41) is 7.41. The number of hydrazone groups is 1. The second-order valence-electron chi connectivity index (χ2n) is 5.09. The Kier molecular flexibility index (Phi) is 5.74. The Hall–Kier alpha value is -1.21. The average Bonchev–Trinajstić information content (AvgIpc) is 2.75. The number of rotatable bonds is 2. The molecule has 1 aromatic carbocycles. The zero-order valence-electron chi connectivity index (χ0n) is 11.6. The second-order valence-corrected chi connectivity index (χ2v) is 5.50. The van der Waals surface area contributed by atoms with Gasteiger partial charge in [-0.25, -0.2) is 9.82 Å². The maximum atomic E-state index is 13.7. The largest absolute Gasteiger partial charge is 0.371 e. The van der Waals surface area contributed by atoms with Gasteiger partial charge in [0.25, 0.3) is 0 Å². The number of nitrogens with zero attached hydrogens (tertiary/aromatic N) is 1. The van der Waals surface area contributed by atoms with Gasteiger partial charge in [0.15, 0.2) is 0 Å². The zero-order chi connectivity index (χ0) is 14.8. The van der Waals surface area contributed by atoms with E-state index in [-0.39, 0.29) is 41.8 Å². The normalized spacial score (nSPS) is 25.0. The van der Waals surface area contributed by atoms with Gasteiger partial charge in [0.05, 0.1) is 29.9 Å². The Morgan fingerprint density at radius 1 is 1.41 bits per heavy atom. The Labute approximate surface area is 138 Å². The molecular weight excluding hydrogens is 332 g/mol. The molecule has 1 fully saturated rings. The monoisotopic (exact) mass is 347 g/mol. The van der Waals surface area contributed by atoms with E-state index in [1.54, 1.807) is 6.07 Å². The number of halogens is 3. The van der Waals surface area contributed by atoms with Crippen molar-refractivity contribution < 1.29 is 13.9 Å². The predicted molar refractivity (Wildman–Crippen MR) is 83.9 cm³/mol. The third-order valence-corrected chi connectivity index (χ3v) is 3.98. The number of hydrogen-bond donors (Lipinski definition) is 2. The minimum Gasteiger partial charge on any atom is -0.371 e. The standard InChI is InChI=1S/C14H15ClFN3O2.ClH/c15-10-2-1-8(5-11(10)16)14-9(7-17-3-4-21-14)12-6-13(20)19-18-12;/h1-2,5,9,14,17H,3-4,6-7H2,(H,19,20);1H/t9-,14-;/m0./s1. The molecule has 0 unspecified atom stereocenters. The molecule has 1 saturated heterocycles. The molecule has 2 aliphatic rings. The molecule has 0 spiro atoms. The first-order chi connectivity index (χ1) is 10.1. The third-order valence-electron chi connectivity index (χ3n) is 3.67. The molecule has 2 heterocycles. The van der Waals surface area contributed by atoms with Crippen molar-refractivity contribution in [3.8, 4) is 0 Å². The van der Waals surface area contributed by atoms with E-state index < -0.39 is 5.82 Å². The van der Waals surface area contributed by atoms with Crippen LogP contribution in [-0.4, -0.2) is 31.3 Å². The fourth-order valence-electron chi connectivity index (χ4n) is 2.64. The van der Waals surface area contributed by atoms with Gasteiger partial charge in [-0.3, -0.25) is 4.79 Å². The van der Waals surface area contributed by atoms with Crippen LogP contribution in [0.25, 0.3) is 0 Å². The van der Waals surface area contributed by atoms with E-state index in [4.69, 9.17) is 16.3 Å². The molecule has 1 aromatic rings. The summed E-state index contributed by atoms with van der Waals surface area (Å²) in [5.41, 5.74) is 3.88. The van der Waals surface area contributed by atoms with E-state index in [0.29, 0.717) is 25.3 Å². The molecule has 8 heteroatoms. The van der Waals surface area contributed by atoms with E-state index in [1.165, 1.54) is 12.1 Å². The smallest absolute Gasteiger partial charge is 0.245 e. The van der Waals surface area contributed by atoms with Gasteiger partial charge in [0.1, 0.15) is 5.82 Å². The summed E-state index contributed by atoms with van der Waals surface area (Å²) >= 11 is 5.73. The van der Waals surface area contributed by atoms with Crippen LogP contribution in [-0.2, 0) is 9.53 Å². The van der Waals surface area contributed by atoms with Crippen molar-refractivity contribution in [1.29, 1.82) is 0 Å². The van der Waals surface area contributed by atoms with Gasteiger partial charge >= 0.3 is 0 Å². The molecule has 120 valence electrons. The van der Waals surface area contributed by atoms with Crippen molar-refractivity contribution in [2.45, 2.75) is 12.5 Å². The summed E-state index contributed by atoms with van der Waals surface area (Å²) in [7, 11) is 0. The van der Waals surface area contributed by atoms with Gasteiger partial charge in [0.2, 0.25) is 5.91 Å². The molecule has 2 aliphatic heterocycles. The van der Waals surface area contributed by atoms with E-state index >= 15 is 0 Å². The fraction of sp³-hybridized carbons (Fsp3) is 0.429. The van der Waals surface area contributed by atoms with Gasteiger partial charge < -0.3 is 10.1 Å². The highest BCUT2D eigenvalue weighted by Crippen LogP contribution is 2.31. The van der Waals surface area contributed by atoms with Crippen molar-refractivity contribution in [2.75, 3.05) is 19.7 Å². The SMILES string of the molecule is Cl.O=C1CC([C@@H]2CNCCO[C@H]2c2ccc(Cl)c(F)c2)=NN1. The van der Waals surface area contributed by atoms with Gasteiger partial charge in [-0.2, -0.15) is 5.10 Å². The summed E-state index contributed by atoms with van der Waals surface area (Å²) < 4.78 is 19.6. The van der Waals surface area contributed by atoms with Crippen LogP contribution in [0.5, 0.6) is 0 Å². The van der Waals surface area contributed by atoms with Crippen molar-refractivity contribution in [3.63, 3.8) is 0 Å². The van der Waals surface area contributed by atoms with Crippen LogP contribution in [0, 0.1) is 11.7 Å². The van der Waals surface area contributed by atoms with Crippen LogP contribution >= 0.6 is 24.0 Å². The number of benzene rings is 1. The number of ether oxygens (including phenoxy) is 1. The van der Waals surface area contributed by atoms with Crippen molar-refractivity contribution in [2.24, 2.45) is 11.0 Å². The molecule has 2 atom stereocenters. The number of nitrogens with one attached hydrogen (secondary N) is 2. The first-order valence-corrected chi connectivity index (χ1v) is 7.15. The first kappa shape index (κ1) is 17.1. The minimum atomic E-state index is -0.476. The maximum Gasteiger partial charge on any atom is 0.245 e. The molecule has 1 amide bonds. The molecule has 0 saturated carbocycles. The Morgan fingerprint density at radius 3 is 2.91 bits per heavy atom. The van der Waals surface area contributed by atoms with Crippen molar-refractivity contribution >= 4 is 35.6 Å². The number of amides is 1. The molecule has 2 N–H and O–H groups in total. The number of hydrogen-bond acceptors (Lipinski definition) is 4. The van der Waals surface area contributed by atoms with Crippen LogP contribution < -0.4 is 10.7 Å². The summed E-state index contributed by atoms with van der Waals surface area (Å²) in [6, 6.07) is 4.65. The van der Waals surface area contributed by atoms with Crippen molar-refractivity contribution in [1.82, 2.24) is 10.7 Å². The van der Waals surface area contributed by atoms with Crippen LogP contribution in [0.15, 0.2) is 23.3 Å². The van der Waals surface area contributed by atoms with E-state index in [2.05, 4.69) is 15.8 Å². The Balaban J connectivity index is 0.00000176. The van der Waals surface area contributed by atoms with Crippen molar-refractivity contribution in [3.05, 3.63) is 34.6 Å². The average molecular weight is 348 g/mol. The molecular formula is C14H16Cl2FN3O2. The van der Waals surface area contributed by atoms with Gasteiger partial charge in [0, 0.05) is 19.0 Å². The van der Waals surface area contributed by atoms with Gasteiger partial charge in [-0.05, 0) is 17.7 Å². The lowest BCUT2D eigenvalue weighted by molar-refractivity contribution is -0.119. The Morgan fingerprint density at radius 2 is 2.23 bits per heavy atom. The Bertz CT molecular complexity index is 597. The summed E-state index contributed by atoms with van der Waals surface area (Å²) in [5.74, 6) is -0.724. The molecule has 22 heavy (non-hydrogen) atoms. The van der Waals surface area contributed by atoms with Crippen LogP contribution in [0.4, 0.5) is 4.39 Å². The van der Waals surface area contributed by atoms with E-state index in [9.17, 15) is 9.18 Å². The summed E-state index contributed by atoms with van der Waals surface area (Å²) in [6.07, 6.45) is -0.0966. The molecule has 0 aliphatic carbocycles. The highest BCUT2D eigenvalue weighted by atomic mass is 35.5. The lowest BCUT2D eigenvalue weighted by Crippen LogP contribution is -2.30. The van der Waals surface area contributed by atoms with E-state index in [0.717, 1.165) is 5.71 Å². The highest BCUT2D eigenvalue weighted by molar-refractivity contribution is 6.30. The van der Waals surface area contributed by atoms with Crippen LogP contribution in [0.2, 0.25) is 5.02 Å². The number of carbonyl (C=O) groups excluding carboxylic acids is 1. The molecule has 0 bridgehead atoms. The van der Waals surface area contributed by atoms with Crippen LogP contribution in [0.1, 0.15) is 18.1 Å². The molecule has 0 radical (unpaired) electrons. The highest BCUT2D eigenvalue weighted by Gasteiger charge is 2.33. The van der Waals surface area contributed by atoms with Gasteiger partial charge in [-0.15, -0.1) is 12.4 Å². The molecule has 3 rings (SSSR count). The molecule has 0 aromatic heterocycles. The van der Waals surface area contributed by atoms with E-state index in [1.807, 2.05) is 0 Å². The van der Waals surface area contributed by atoms with Gasteiger partial charge in [-0.1, -0.05) is 17.7 Å². The number of carbonyl (C=O) groups is 1. The zero-order valence-corrected chi connectivity index (χ0v) is 13.2. The summed E-state index contributed by atoms with van der Waals surface area (Å²) in [6.45, 7) is 1.85. The lowest BCUT2D eigenvalue weighted by Gasteiger charge is -2.24. The predicted octanol–water partition coefficient (Wildman–Crippen LogP) is 2.05.